The summed E-state index contributed by atoms with van der Waals surface area (Å²) in [5.74, 6) is -0.367. The maximum absolute atomic E-state index is 13.1. The number of amides is 1. The quantitative estimate of drug-likeness (QED) is 0.585. The van der Waals surface area contributed by atoms with Gasteiger partial charge >= 0.3 is 6.18 Å². The predicted octanol–water partition coefficient (Wildman–Crippen LogP) is 4.38. The zero-order valence-corrected chi connectivity index (χ0v) is 15.3. The average Bonchev–Trinajstić information content (AvgIpc) is 2.59. The van der Waals surface area contributed by atoms with Crippen LogP contribution in [0.5, 0.6) is 0 Å². The van der Waals surface area contributed by atoms with Crippen molar-refractivity contribution in [2.45, 2.75) is 50.2 Å². The smallest absolute Gasteiger partial charge is 0.355 e. The lowest BCUT2D eigenvalue weighted by Gasteiger charge is -2.14. The molecule has 2 rings (SSSR count). The van der Waals surface area contributed by atoms with Crippen molar-refractivity contribution in [1.29, 1.82) is 5.26 Å². The molecule has 0 radical (unpaired) electrons. The summed E-state index contributed by atoms with van der Waals surface area (Å²) in [5.41, 5.74) is -0.0532. The van der Waals surface area contributed by atoms with Gasteiger partial charge in [-0.2, -0.15) is 18.4 Å². The van der Waals surface area contributed by atoms with E-state index in [9.17, 15) is 18.0 Å². The largest absolute Gasteiger partial charge is 0.417 e. The lowest BCUT2D eigenvalue weighted by Crippen LogP contribution is -2.26. The normalized spacial score (nSPS) is 14.5. The van der Waals surface area contributed by atoms with Crippen LogP contribution >= 0.6 is 11.8 Å². The van der Waals surface area contributed by atoms with Gasteiger partial charge in [-0.15, -0.1) is 0 Å². The van der Waals surface area contributed by atoms with Gasteiger partial charge in [0, 0.05) is 12.2 Å². The second-order valence-electron chi connectivity index (χ2n) is 6.10. The molecular formula is C18H20F3N3OS. The number of halogens is 3. The third-order valence-electron chi connectivity index (χ3n) is 4.02. The number of nitrogens with zero attached hydrogens (tertiary/aromatic N) is 2. The number of allylic oxidation sites excluding steroid dienone is 1. The molecule has 1 aliphatic rings. The van der Waals surface area contributed by atoms with E-state index in [0.29, 0.717) is 6.54 Å². The second kappa shape index (κ2) is 9.08. The molecule has 1 aromatic heterocycles. The number of rotatable bonds is 6. The lowest BCUT2D eigenvalue weighted by atomic mass is 9.97. The highest BCUT2D eigenvalue weighted by Crippen LogP contribution is 2.35. The van der Waals surface area contributed by atoms with Gasteiger partial charge in [0.25, 0.3) is 0 Å². The summed E-state index contributed by atoms with van der Waals surface area (Å²) < 4.78 is 39.2. The van der Waals surface area contributed by atoms with Crippen LogP contribution in [0.1, 0.15) is 48.9 Å². The van der Waals surface area contributed by atoms with Gasteiger partial charge in [-0.1, -0.05) is 23.4 Å². The van der Waals surface area contributed by atoms with Gasteiger partial charge in [-0.05, 0) is 45.1 Å². The van der Waals surface area contributed by atoms with Gasteiger partial charge in [0.05, 0.1) is 16.9 Å². The van der Waals surface area contributed by atoms with Gasteiger partial charge in [0.1, 0.15) is 11.1 Å². The van der Waals surface area contributed by atoms with Crippen molar-refractivity contribution in [2.75, 3.05) is 12.3 Å². The number of nitriles is 1. The Morgan fingerprint density at radius 3 is 2.81 bits per heavy atom. The number of aryl methyl sites for hydroxylation is 1. The topological polar surface area (TPSA) is 65.8 Å². The van der Waals surface area contributed by atoms with Crippen LogP contribution in [-0.4, -0.2) is 23.2 Å². The summed E-state index contributed by atoms with van der Waals surface area (Å²) in [6.45, 7) is 1.93. The van der Waals surface area contributed by atoms with E-state index in [1.165, 1.54) is 25.3 Å². The fraction of sp³-hybridized carbons (Fsp3) is 0.500. The van der Waals surface area contributed by atoms with Crippen molar-refractivity contribution in [3.63, 3.8) is 0 Å². The number of thioether (sulfide) groups is 1. The second-order valence-corrected chi connectivity index (χ2v) is 7.06. The van der Waals surface area contributed by atoms with Crippen LogP contribution in [0.2, 0.25) is 0 Å². The molecule has 140 valence electrons. The average molecular weight is 383 g/mol. The molecule has 1 heterocycles. The van der Waals surface area contributed by atoms with Crippen LogP contribution in [0.4, 0.5) is 13.2 Å². The Balaban J connectivity index is 1.94. The monoisotopic (exact) mass is 383 g/mol. The maximum atomic E-state index is 13.1. The summed E-state index contributed by atoms with van der Waals surface area (Å²) in [5, 5.41) is 11.8. The molecular weight excluding hydrogens is 363 g/mol. The highest BCUT2D eigenvalue weighted by molar-refractivity contribution is 8.00. The number of pyridine rings is 1. The van der Waals surface area contributed by atoms with E-state index in [0.717, 1.165) is 37.1 Å². The molecule has 26 heavy (non-hydrogen) atoms. The van der Waals surface area contributed by atoms with Gasteiger partial charge in [-0.3, -0.25) is 4.79 Å². The molecule has 1 aliphatic carbocycles. The molecule has 0 bridgehead atoms. The van der Waals surface area contributed by atoms with Crippen LogP contribution in [0, 0.1) is 18.3 Å². The first-order valence-electron chi connectivity index (χ1n) is 8.37. The zero-order chi connectivity index (χ0) is 19.2. The molecule has 0 atom stereocenters. The van der Waals surface area contributed by atoms with E-state index < -0.39 is 17.3 Å². The molecule has 0 aliphatic heterocycles. The number of carbonyl (C=O) groups excluding carboxylic acids is 1. The Bertz CT molecular complexity index is 738. The van der Waals surface area contributed by atoms with Gasteiger partial charge < -0.3 is 5.32 Å². The lowest BCUT2D eigenvalue weighted by molar-refractivity contribution is -0.138. The van der Waals surface area contributed by atoms with Crippen molar-refractivity contribution in [2.24, 2.45) is 0 Å². The summed E-state index contributed by atoms with van der Waals surface area (Å²) in [4.78, 5) is 15.9. The van der Waals surface area contributed by atoms with E-state index in [2.05, 4.69) is 16.4 Å². The zero-order valence-electron chi connectivity index (χ0n) is 14.4. The Morgan fingerprint density at radius 1 is 1.42 bits per heavy atom. The van der Waals surface area contributed by atoms with Gasteiger partial charge in [0.2, 0.25) is 5.91 Å². The SMILES string of the molecule is Cc1cc(C(F)(F)F)c(C#N)c(SCC(=O)NCCC2=CCCCC2)n1. The predicted molar refractivity (Wildman–Crippen MR) is 93.6 cm³/mol. The number of aromatic nitrogens is 1. The van der Waals surface area contributed by atoms with Gasteiger partial charge in [-0.25, -0.2) is 4.98 Å². The van der Waals surface area contributed by atoms with Crippen LogP contribution < -0.4 is 5.32 Å². The fourth-order valence-electron chi connectivity index (χ4n) is 2.76. The number of hydrogen-bond acceptors (Lipinski definition) is 4. The maximum Gasteiger partial charge on any atom is 0.417 e. The summed E-state index contributed by atoms with van der Waals surface area (Å²) in [6.07, 6.45) is 2.88. The summed E-state index contributed by atoms with van der Waals surface area (Å²) in [6, 6.07) is 2.41. The third kappa shape index (κ3) is 5.77. The molecule has 0 fully saturated rings. The number of nitrogens with one attached hydrogen (secondary N) is 1. The Hall–Kier alpha value is -2.01. The first-order chi connectivity index (χ1) is 12.3. The Labute approximate surface area is 154 Å². The van der Waals surface area contributed by atoms with E-state index in [-0.39, 0.29) is 22.4 Å². The van der Waals surface area contributed by atoms with Gasteiger partial charge in [0.15, 0.2) is 0 Å². The minimum atomic E-state index is -4.63. The number of alkyl halides is 3. The molecule has 0 unspecified atom stereocenters. The highest BCUT2D eigenvalue weighted by Gasteiger charge is 2.35. The first kappa shape index (κ1) is 20.3. The minimum Gasteiger partial charge on any atom is -0.355 e. The number of carbonyl (C=O) groups is 1. The van der Waals surface area contributed by atoms with E-state index in [1.807, 2.05) is 0 Å². The standard InChI is InChI=1S/C18H20F3N3OS/c1-12-9-15(18(19,20)21)14(10-22)17(24-12)26-11-16(25)23-8-7-13-5-3-2-4-6-13/h5,9H,2-4,6-8,11H2,1H3,(H,23,25). The minimum absolute atomic E-state index is 0.0648. The van der Waals surface area contributed by atoms with Crippen LogP contribution in [-0.2, 0) is 11.0 Å². The van der Waals surface area contributed by atoms with Crippen molar-refractivity contribution < 1.29 is 18.0 Å². The van der Waals surface area contributed by atoms with E-state index >= 15 is 0 Å². The third-order valence-corrected chi connectivity index (χ3v) is 5.00. The fourth-order valence-corrected chi connectivity index (χ4v) is 3.64. The Morgan fingerprint density at radius 2 is 2.19 bits per heavy atom. The number of hydrogen-bond donors (Lipinski definition) is 1. The molecule has 1 N–H and O–H groups in total. The molecule has 1 aromatic rings. The van der Waals surface area contributed by atoms with E-state index in [4.69, 9.17) is 5.26 Å². The highest BCUT2D eigenvalue weighted by atomic mass is 32.2. The van der Waals surface area contributed by atoms with Crippen molar-refractivity contribution >= 4 is 17.7 Å². The molecule has 0 spiro atoms. The molecule has 4 nitrogen and oxygen atoms in total. The Kier molecular flexibility index (Phi) is 7.09. The molecule has 0 saturated heterocycles. The van der Waals surface area contributed by atoms with Crippen LogP contribution in [0.25, 0.3) is 0 Å². The van der Waals surface area contributed by atoms with E-state index in [1.54, 1.807) is 6.07 Å². The molecule has 0 aromatic carbocycles. The molecule has 0 saturated carbocycles. The molecule has 1 amide bonds. The van der Waals surface area contributed by atoms with Crippen molar-refractivity contribution in [3.8, 4) is 6.07 Å². The van der Waals surface area contributed by atoms with Crippen molar-refractivity contribution in [3.05, 3.63) is 34.5 Å². The summed E-state index contributed by atoms with van der Waals surface area (Å²) >= 11 is 0.850. The summed E-state index contributed by atoms with van der Waals surface area (Å²) in [7, 11) is 0. The van der Waals surface area contributed by atoms with Crippen LogP contribution in [0.15, 0.2) is 22.7 Å². The molecule has 8 heteroatoms. The van der Waals surface area contributed by atoms with Crippen LogP contribution in [0.3, 0.4) is 0 Å². The van der Waals surface area contributed by atoms with Crippen molar-refractivity contribution in [1.82, 2.24) is 10.3 Å². The first-order valence-corrected chi connectivity index (χ1v) is 9.36.